The van der Waals surface area contributed by atoms with Crippen molar-refractivity contribution in [3.8, 4) is 0 Å². The van der Waals surface area contributed by atoms with E-state index in [1.54, 1.807) is 7.05 Å². The second-order valence-corrected chi connectivity index (χ2v) is 7.79. The van der Waals surface area contributed by atoms with Crippen molar-refractivity contribution in [2.75, 3.05) is 0 Å². The summed E-state index contributed by atoms with van der Waals surface area (Å²) in [5, 5.41) is 11.0. The summed E-state index contributed by atoms with van der Waals surface area (Å²) in [5.74, 6) is 0.0668. The van der Waals surface area contributed by atoms with Gasteiger partial charge in [0.05, 0.1) is 18.5 Å². The van der Waals surface area contributed by atoms with Crippen LogP contribution in [0.2, 0.25) is 0 Å². The number of aromatic nitrogens is 2. The van der Waals surface area contributed by atoms with E-state index in [1.165, 1.54) is 4.57 Å². The number of hydrogen-bond donors (Lipinski definition) is 3. The van der Waals surface area contributed by atoms with Gasteiger partial charge in [0.15, 0.2) is 0 Å². The molecule has 0 saturated carbocycles. The minimum Gasteiger partial charge on any atom is -0.507 e. The van der Waals surface area contributed by atoms with E-state index in [4.69, 9.17) is 0 Å². The first-order valence-corrected chi connectivity index (χ1v) is 9.52. The van der Waals surface area contributed by atoms with Crippen molar-refractivity contribution in [1.82, 2.24) is 9.55 Å². The zero-order valence-corrected chi connectivity index (χ0v) is 16.4. The van der Waals surface area contributed by atoms with Crippen LogP contribution in [0.4, 0.5) is 5.82 Å². The van der Waals surface area contributed by atoms with Gasteiger partial charge >= 0.3 is 5.69 Å². The Hall–Kier alpha value is -3.19. The van der Waals surface area contributed by atoms with Gasteiger partial charge in [-0.3, -0.25) is 9.78 Å². The number of halogens is 1. The number of aliphatic hydroxyl groups excluding tert-OH is 1. The van der Waals surface area contributed by atoms with Crippen LogP contribution in [0, 0.1) is 0 Å². The quantitative estimate of drug-likeness (QED) is 0.539. The number of hydrogen-bond acceptors (Lipinski definition) is 3. The lowest BCUT2D eigenvalue weighted by Gasteiger charge is -2.23. The van der Waals surface area contributed by atoms with Gasteiger partial charge in [0.2, 0.25) is 0 Å². The predicted molar refractivity (Wildman–Crippen MR) is 109 cm³/mol. The van der Waals surface area contributed by atoms with E-state index in [2.05, 4.69) is 25.9 Å². The minimum absolute atomic E-state index is 0.143. The molecule has 7 heteroatoms. The number of aromatic amines is 1. The number of allylic oxidation sites excluding steroid dienone is 1. The monoisotopic (exact) mass is 436 g/mol. The van der Waals surface area contributed by atoms with Gasteiger partial charge < -0.3 is 5.11 Å². The Kier molecular flexibility index (Phi) is 3.57. The van der Waals surface area contributed by atoms with Crippen molar-refractivity contribution in [3.05, 3.63) is 102 Å². The fourth-order valence-corrected chi connectivity index (χ4v) is 4.30. The Balaban J connectivity index is 1.92. The Morgan fingerprint density at radius 1 is 1.07 bits per heavy atom. The van der Waals surface area contributed by atoms with Crippen LogP contribution in [-0.2, 0) is 7.05 Å². The van der Waals surface area contributed by atoms with Crippen LogP contribution in [0.5, 0.6) is 0 Å². The normalized spacial score (nSPS) is 17.1. The molecular weight excluding hydrogens is 422 g/mol. The summed E-state index contributed by atoms with van der Waals surface area (Å²) in [5.41, 5.74) is 3.20. The van der Waals surface area contributed by atoms with E-state index < -0.39 is 17.2 Å². The molecular formula is C21H15BrN3O3+. The van der Waals surface area contributed by atoms with Crippen LogP contribution in [-0.4, -0.2) is 20.4 Å². The number of benzene rings is 2. The molecule has 0 amide bonds. The lowest BCUT2D eigenvalue weighted by Crippen LogP contribution is -2.72. The molecule has 0 fully saturated rings. The molecule has 2 heterocycles. The van der Waals surface area contributed by atoms with Crippen LogP contribution in [0.25, 0.3) is 5.76 Å². The Morgan fingerprint density at radius 2 is 1.75 bits per heavy atom. The standard InChI is InChI=1S/C21H14BrN3O3/c1-25-19-16(20(27)24-21(25)28)14(10-6-8-11(22)9-7-10)15-17(23-19)12-4-2-3-5-13(12)18(15)26/h2-9,14,26H,1H3,(H,24,27,28)/p+1. The summed E-state index contributed by atoms with van der Waals surface area (Å²) in [6.07, 6.45) is 0. The van der Waals surface area contributed by atoms with Crippen molar-refractivity contribution < 1.29 is 10.1 Å². The van der Waals surface area contributed by atoms with Crippen molar-refractivity contribution in [1.29, 1.82) is 0 Å². The van der Waals surface area contributed by atoms with Crippen molar-refractivity contribution in [2.24, 2.45) is 7.05 Å². The molecule has 0 saturated heterocycles. The summed E-state index contributed by atoms with van der Waals surface area (Å²) in [7, 11) is 1.61. The summed E-state index contributed by atoms with van der Waals surface area (Å²) in [4.78, 5) is 30.6. The van der Waals surface area contributed by atoms with Gasteiger partial charge in [-0.25, -0.2) is 9.79 Å². The predicted octanol–water partition coefficient (Wildman–Crippen LogP) is 1.47. The molecule has 5 rings (SSSR count). The molecule has 2 aliphatic rings. The summed E-state index contributed by atoms with van der Waals surface area (Å²) >= 11 is 3.44. The van der Waals surface area contributed by atoms with Crippen LogP contribution in [0.1, 0.15) is 28.2 Å². The van der Waals surface area contributed by atoms with E-state index in [0.717, 1.165) is 15.6 Å². The number of rotatable bonds is 1. The summed E-state index contributed by atoms with van der Waals surface area (Å²) in [6.45, 7) is 0. The third-order valence-electron chi connectivity index (χ3n) is 5.36. The first-order valence-electron chi connectivity index (χ1n) is 8.73. The van der Waals surface area contributed by atoms with Gasteiger partial charge in [-0.05, 0) is 23.8 Å². The van der Waals surface area contributed by atoms with Gasteiger partial charge in [0, 0.05) is 15.6 Å². The minimum atomic E-state index is -0.512. The van der Waals surface area contributed by atoms with Gasteiger partial charge in [-0.2, -0.15) is 4.57 Å². The average molecular weight is 437 g/mol. The van der Waals surface area contributed by atoms with Gasteiger partial charge in [0.25, 0.3) is 11.4 Å². The number of H-pyrrole nitrogens is 1. The third-order valence-corrected chi connectivity index (χ3v) is 5.89. The highest BCUT2D eigenvalue weighted by Crippen LogP contribution is 2.43. The fourth-order valence-electron chi connectivity index (χ4n) is 4.04. The molecule has 3 N–H and O–H groups in total. The maximum Gasteiger partial charge on any atom is 0.415 e. The van der Waals surface area contributed by atoms with Gasteiger partial charge in [-0.1, -0.05) is 46.3 Å². The van der Waals surface area contributed by atoms with Crippen LogP contribution in [0.15, 0.2) is 68.2 Å². The second kappa shape index (κ2) is 5.90. The lowest BCUT2D eigenvalue weighted by molar-refractivity contribution is -0.363. The Morgan fingerprint density at radius 3 is 2.46 bits per heavy atom. The number of nitrogens with one attached hydrogen (secondary N) is 2. The highest BCUT2D eigenvalue weighted by Gasteiger charge is 2.43. The van der Waals surface area contributed by atoms with Crippen molar-refractivity contribution >= 4 is 33.2 Å². The number of fused-ring (bicyclic) bond motifs is 4. The molecule has 0 bridgehead atoms. The first kappa shape index (κ1) is 16.9. The highest BCUT2D eigenvalue weighted by molar-refractivity contribution is 9.10. The maximum absolute atomic E-state index is 12.8. The highest BCUT2D eigenvalue weighted by atomic mass is 79.9. The SMILES string of the molecule is Cn1c2c(c(=O)[nH]c1=O)C(c1ccc(Br)cc1)C1=C(O)c3ccccc3C1=[NH+]2. The van der Waals surface area contributed by atoms with Gasteiger partial charge in [0.1, 0.15) is 17.0 Å². The molecule has 1 aromatic heterocycles. The molecule has 1 unspecified atom stereocenters. The maximum atomic E-state index is 12.8. The largest absolute Gasteiger partial charge is 0.507 e. The van der Waals surface area contributed by atoms with Crippen LogP contribution >= 0.6 is 15.9 Å². The molecule has 6 nitrogen and oxygen atoms in total. The molecule has 3 aromatic rings. The molecule has 2 aromatic carbocycles. The number of aliphatic hydroxyl groups is 1. The van der Waals surface area contributed by atoms with Crippen LogP contribution in [0.3, 0.4) is 0 Å². The molecule has 1 atom stereocenters. The van der Waals surface area contributed by atoms with E-state index in [1.807, 2.05) is 48.5 Å². The molecule has 138 valence electrons. The molecule has 0 radical (unpaired) electrons. The average Bonchev–Trinajstić information content (AvgIpc) is 2.98. The van der Waals surface area contributed by atoms with E-state index >= 15 is 0 Å². The Labute approximate surface area is 167 Å². The zero-order valence-electron chi connectivity index (χ0n) is 14.8. The third kappa shape index (κ3) is 2.23. The van der Waals surface area contributed by atoms with E-state index in [-0.39, 0.29) is 5.76 Å². The smallest absolute Gasteiger partial charge is 0.415 e. The molecule has 28 heavy (non-hydrogen) atoms. The van der Waals surface area contributed by atoms with Gasteiger partial charge in [-0.15, -0.1) is 0 Å². The summed E-state index contributed by atoms with van der Waals surface area (Å²) < 4.78 is 2.31. The molecule has 0 spiro atoms. The van der Waals surface area contributed by atoms with Crippen LogP contribution < -0.4 is 16.2 Å². The van der Waals surface area contributed by atoms with Crippen molar-refractivity contribution in [2.45, 2.75) is 5.92 Å². The van der Waals surface area contributed by atoms with E-state index in [0.29, 0.717) is 28.2 Å². The second-order valence-electron chi connectivity index (χ2n) is 6.87. The molecule has 1 aliphatic carbocycles. The fraction of sp³-hybridized carbons (Fsp3) is 0.0952. The summed E-state index contributed by atoms with van der Waals surface area (Å²) in [6, 6.07) is 15.1. The zero-order chi connectivity index (χ0) is 19.6. The Bertz CT molecular complexity index is 1330. The van der Waals surface area contributed by atoms with Crippen molar-refractivity contribution in [3.63, 3.8) is 0 Å². The lowest BCUT2D eigenvalue weighted by atomic mass is 9.81. The topological polar surface area (TPSA) is 89.1 Å². The molecule has 1 aliphatic heterocycles. The number of nitrogens with zero attached hydrogens (tertiary/aromatic N) is 1. The van der Waals surface area contributed by atoms with E-state index in [9.17, 15) is 14.7 Å². The first-order chi connectivity index (χ1) is 13.5.